The van der Waals surface area contributed by atoms with E-state index in [1.54, 1.807) is 30.3 Å². The Labute approximate surface area is 136 Å². The molecule has 2 N–H and O–H groups in total. The van der Waals surface area contributed by atoms with Gasteiger partial charge >= 0.3 is 0 Å². The maximum atomic E-state index is 6.25. The van der Waals surface area contributed by atoms with Gasteiger partial charge in [-0.25, -0.2) is 0 Å². The molecule has 21 heavy (non-hydrogen) atoms. The summed E-state index contributed by atoms with van der Waals surface area (Å²) in [5.41, 5.74) is 8.61. The monoisotopic (exact) mass is 338 g/mol. The minimum Gasteiger partial charge on any atom is -0.367 e. The number of hydrogen-bond acceptors (Lipinski definition) is 3. The maximum Gasteiger partial charge on any atom is 0.230 e. The number of nitrogens with two attached hydrogens (primary N) is 1. The van der Waals surface area contributed by atoms with Gasteiger partial charge in [0.2, 0.25) is 5.88 Å². The Morgan fingerprint density at radius 1 is 0.952 bits per heavy atom. The fraction of sp³-hybridized carbons (Fsp3) is 0. The summed E-state index contributed by atoms with van der Waals surface area (Å²) >= 11 is 18.2. The molecule has 0 saturated heterocycles. The third-order valence-electron chi connectivity index (χ3n) is 3.02. The number of anilines is 1. The highest BCUT2D eigenvalue weighted by Crippen LogP contribution is 2.40. The van der Waals surface area contributed by atoms with Gasteiger partial charge in [0.1, 0.15) is 5.69 Å². The molecule has 1 aromatic heterocycles. The lowest BCUT2D eigenvalue weighted by atomic mass is 10.0. The molecular formula is C15H9Cl3N2O. The molecule has 0 aliphatic heterocycles. The molecule has 0 radical (unpaired) electrons. The molecule has 0 unspecified atom stereocenters. The minimum absolute atomic E-state index is 0.189. The lowest BCUT2D eigenvalue weighted by Gasteiger charge is -2.06. The zero-order valence-electron chi connectivity index (χ0n) is 10.6. The summed E-state index contributed by atoms with van der Waals surface area (Å²) in [5, 5.41) is 5.63. The van der Waals surface area contributed by atoms with E-state index in [2.05, 4.69) is 5.16 Å². The van der Waals surface area contributed by atoms with E-state index in [-0.39, 0.29) is 5.88 Å². The van der Waals surface area contributed by atoms with Crippen molar-refractivity contribution in [3.05, 3.63) is 57.5 Å². The Balaban J connectivity index is 2.22. The standard InChI is InChI=1S/C15H9Cl3N2O/c16-9-3-1-2-8(6-9)14-13(15(19)21-20-14)11-5-4-10(17)7-12(11)18/h1-7H,19H2. The van der Waals surface area contributed by atoms with E-state index >= 15 is 0 Å². The second-order valence-corrected chi connectivity index (χ2v) is 5.69. The molecule has 0 fully saturated rings. The lowest BCUT2D eigenvalue weighted by Crippen LogP contribution is -1.89. The van der Waals surface area contributed by atoms with Crippen molar-refractivity contribution in [3.8, 4) is 22.4 Å². The second kappa shape index (κ2) is 5.60. The fourth-order valence-electron chi connectivity index (χ4n) is 2.09. The summed E-state index contributed by atoms with van der Waals surface area (Å²) in [6.45, 7) is 0. The number of halogens is 3. The predicted molar refractivity (Wildman–Crippen MR) is 86.8 cm³/mol. The second-order valence-electron chi connectivity index (χ2n) is 4.40. The minimum atomic E-state index is 0.189. The number of aromatic nitrogens is 1. The average Bonchev–Trinajstić information content (AvgIpc) is 2.81. The van der Waals surface area contributed by atoms with E-state index in [9.17, 15) is 0 Å². The molecule has 106 valence electrons. The van der Waals surface area contributed by atoms with Crippen molar-refractivity contribution in [1.82, 2.24) is 5.16 Å². The predicted octanol–water partition coefficient (Wildman–Crippen LogP) is 5.55. The van der Waals surface area contributed by atoms with Crippen LogP contribution in [0.5, 0.6) is 0 Å². The smallest absolute Gasteiger partial charge is 0.230 e. The zero-order chi connectivity index (χ0) is 15.0. The molecule has 0 atom stereocenters. The summed E-state index contributed by atoms with van der Waals surface area (Å²) in [6, 6.07) is 12.4. The van der Waals surface area contributed by atoms with Crippen LogP contribution in [0.1, 0.15) is 0 Å². The summed E-state index contributed by atoms with van der Waals surface area (Å²) in [7, 11) is 0. The number of nitrogen functional groups attached to an aromatic ring is 1. The van der Waals surface area contributed by atoms with Crippen LogP contribution in [-0.2, 0) is 0 Å². The topological polar surface area (TPSA) is 52.0 Å². The van der Waals surface area contributed by atoms with Gasteiger partial charge in [-0.05, 0) is 24.3 Å². The summed E-state index contributed by atoms with van der Waals surface area (Å²) < 4.78 is 5.12. The quantitative estimate of drug-likeness (QED) is 0.666. The summed E-state index contributed by atoms with van der Waals surface area (Å²) in [5.74, 6) is 0.189. The van der Waals surface area contributed by atoms with E-state index in [1.807, 2.05) is 12.1 Å². The van der Waals surface area contributed by atoms with Crippen LogP contribution >= 0.6 is 34.8 Å². The van der Waals surface area contributed by atoms with Crippen molar-refractivity contribution < 1.29 is 4.52 Å². The van der Waals surface area contributed by atoms with E-state index in [0.29, 0.717) is 31.9 Å². The molecule has 1 heterocycles. The first-order valence-corrected chi connectivity index (χ1v) is 7.16. The van der Waals surface area contributed by atoms with Crippen LogP contribution in [0.2, 0.25) is 15.1 Å². The van der Waals surface area contributed by atoms with Crippen LogP contribution < -0.4 is 5.73 Å². The van der Waals surface area contributed by atoms with E-state index < -0.39 is 0 Å². The molecule has 0 aliphatic rings. The Bertz CT molecular complexity index is 814. The highest BCUT2D eigenvalue weighted by Gasteiger charge is 2.19. The molecule has 0 saturated carbocycles. The van der Waals surface area contributed by atoms with Crippen molar-refractivity contribution in [2.45, 2.75) is 0 Å². The largest absolute Gasteiger partial charge is 0.367 e. The maximum absolute atomic E-state index is 6.25. The van der Waals surface area contributed by atoms with Gasteiger partial charge in [-0.15, -0.1) is 0 Å². The van der Waals surface area contributed by atoms with Gasteiger partial charge < -0.3 is 10.3 Å². The Hall–Kier alpha value is -1.68. The van der Waals surface area contributed by atoms with E-state index in [1.165, 1.54) is 0 Å². The Morgan fingerprint density at radius 2 is 1.71 bits per heavy atom. The molecular weight excluding hydrogens is 331 g/mol. The highest BCUT2D eigenvalue weighted by atomic mass is 35.5. The average molecular weight is 340 g/mol. The van der Waals surface area contributed by atoms with Crippen LogP contribution in [0.15, 0.2) is 47.0 Å². The third-order valence-corrected chi connectivity index (χ3v) is 3.80. The molecule has 0 amide bonds. The molecule has 3 aromatic rings. The van der Waals surface area contributed by atoms with Crippen LogP contribution in [0.25, 0.3) is 22.4 Å². The highest BCUT2D eigenvalue weighted by molar-refractivity contribution is 6.36. The van der Waals surface area contributed by atoms with E-state index in [4.69, 9.17) is 45.1 Å². The van der Waals surface area contributed by atoms with Gasteiger partial charge in [0, 0.05) is 21.2 Å². The fourth-order valence-corrected chi connectivity index (χ4v) is 2.78. The first kappa shape index (κ1) is 14.3. The van der Waals surface area contributed by atoms with Crippen molar-refractivity contribution in [2.24, 2.45) is 0 Å². The molecule has 6 heteroatoms. The van der Waals surface area contributed by atoms with Gasteiger partial charge in [0.15, 0.2) is 0 Å². The van der Waals surface area contributed by atoms with Crippen molar-refractivity contribution in [3.63, 3.8) is 0 Å². The van der Waals surface area contributed by atoms with Crippen LogP contribution in [0, 0.1) is 0 Å². The van der Waals surface area contributed by atoms with Gasteiger partial charge in [-0.2, -0.15) is 0 Å². The van der Waals surface area contributed by atoms with Crippen LogP contribution in [-0.4, -0.2) is 5.16 Å². The Morgan fingerprint density at radius 3 is 2.43 bits per heavy atom. The molecule has 3 nitrogen and oxygen atoms in total. The van der Waals surface area contributed by atoms with Gasteiger partial charge in [-0.1, -0.05) is 58.2 Å². The molecule has 0 bridgehead atoms. The van der Waals surface area contributed by atoms with Gasteiger partial charge in [0.05, 0.1) is 10.6 Å². The van der Waals surface area contributed by atoms with Gasteiger partial charge in [0.25, 0.3) is 0 Å². The molecule has 2 aromatic carbocycles. The number of benzene rings is 2. The zero-order valence-corrected chi connectivity index (χ0v) is 12.9. The van der Waals surface area contributed by atoms with E-state index in [0.717, 1.165) is 5.56 Å². The first-order chi connectivity index (χ1) is 10.1. The normalized spacial score (nSPS) is 10.8. The third kappa shape index (κ3) is 2.72. The van der Waals surface area contributed by atoms with Crippen molar-refractivity contribution in [2.75, 3.05) is 5.73 Å². The van der Waals surface area contributed by atoms with Crippen LogP contribution in [0.4, 0.5) is 5.88 Å². The Kier molecular flexibility index (Phi) is 3.81. The molecule has 0 aliphatic carbocycles. The number of nitrogens with zero attached hydrogens (tertiary/aromatic N) is 1. The number of rotatable bonds is 2. The molecule has 3 rings (SSSR count). The van der Waals surface area contributed by atoms with Crippen molar-refractivity contribution >= 4 is 40.7 Å². The van der Waals surface area contributed by atoms with Crippen LogP contribution in [0.3, 0.4) is 0 Å². The van der Waals surface area contributed by atoms with Crippen molar-refractivity contribution in [1.29, 1.82) is 0 Å². The summed E-state index contributed by atoms with van der Waals surface area (Å²) in [6.07, 6.45) is 0. The SMILES string of the molecule is Nc1onc(-c2cccc(Cl)c2)c1-c1ccc(Cl)cc1Cl. The summed E-state index contributed by atoms with van der Waals surface area (Å²) in [4.78, 5) is 0. The lowest BCUT2D eigenvalue weighted by molar-refractivity contribution is 0.439. The first-order valence-electron chi connectivity index (χ1n) is 6.03. The molecule has 0 spiro atoms. The number of hydrogen-bond donors (Lipinski definition) is 1. The van der Waals surface area contributed by atoms with Gasteiger partial charge in [-0.3, -0.25) is 0 Å².